The van der Waals surface area contributed by atoms with Crippen LogP contribution in [0.4, 0.5) is 0 Å². The molecule has 7 heteroatoms. The Morgan fingerprint density at radius 1 is 0.629 bits per heavy atom. The summed E-state index contributed by atoms with van der Waals surface area (Å²) in [6, 6.07) is 28.8. The number of aliphatic hydroxyl groups excluding tert-OH is 3. The van der Waals surface area contributed by atoms with Crippen LogP contribution in [0.1, 0.15) is 16.7 Å². The van der Waals surface area contributed by atoms with Crippen LogP contribution in [-0.4, -0.2) is 58.7 Å². The van der Waals surface area contributed by atoms with Crippen molar-refractivity contribution in [3.8, 4) is 0 Å². The fraction of sp³-hybridized carbons (Fsp3) is 0.357. The molecule has 0 aromatic heterocycles. The SMILES string of the molecule is OC[C@@H](O)[C@H]1O[C@H](O)[C@@H](OCc2ccccc2)[C@@H](OCc2ccccc2)[C@@H]1OCc1ccccc1. The van der Waals surface area contributed by atoms with Crippen molar-refractivity contribution in [2.75, 3.05) is 6.61 Å². The van der Waals surface area contributed by atoms with Crippen LogP contribution in [0.15, 0.2) is 91.0 Å². The molecule has 1 aliphatic heterocycles. The van der Waals surface area contributed by atoms with Gasteiger partial charge in [0.25, 0.3) is 0 Å². The zero-order valence-corrected chi connectivity index (χ0v) is 19.4. The summed E-state index contributed by atoms with van der Waals surface area (Å²) in [6.45, 7) is 0.159. The van der Waals surface area contributed by atoms with E-state index in [1.54, 1.807) is 0 Å². The van der Waals surface area contributed by atoms with Crippen molar-refractivity contribution in [3.63, 3.8) is 0 Å². The third-order valence-corrected chi connectivity index (χ3v) is 5.97. The maximum atomic E-state index is 10.9. The molecule has 0 radical (unpaired) electrons. The first-order valence-corrected chi connectivity index (χ1v) is 11.7. The average molecular weight is 481 g/mol. The van der Waals surface area contributed by atoms with Crippen LogP contribution in [0, 0.1) is 0 Å². The Morgan fingerprint density at radius 2 is 1.03 bits per heavy atom. The summed E-state index contributed by atoms with van der Waals surface area (Å²) in [7, 11) is 0. The maximum absolute atomic E-state index is 10.9. The van der Waals surface area contributed by atoms with Crippen LogP contribution in [0.2, 0.25) is 0 Å². The molecule has 35 heavy (non-hydrogen) atoms. The summed E-state index contributed by atoms with van der Waals surface area (Å²) in [5, 5.41) is 31.0. The zero-order chi connectivity index (χ0) is 24.5. The first-order chi connectivity index (χ1) is 17.2. The number of ether oxygens (including phenoxy) is 4. The van der Waals surface area contributed by atoms with Gasteiger partial charge in [-0.05, 0) is 16.7 Å². The minimum absolute atomic E-state index is 0.232. The fourth-order valence-electron chi connectivity index (χ4n) is 4.12. The second-order valence-corrected chi connectivity index (χ2v) is 8.52. The highest BCUT2D eigenvalue weighted by molar-refractivity contribution is 5.15. The summed E-state index contributed by atoms with van der Waals surface area (Å²) in [5.41, 5.74) is 2.80. The van der Waals surface area contributed by atoms with Crippen LogP contribution in [0.3, 0.4) is 0 Å². The summed E-state index contributed by atoms with van der Waals surface area (Å²) in [6.07, 6.45) is -6.16. The van der Waals surface area contributed by atoms with E-state index in [4.69, 9.17) is 18.9 Å². The molecule has 3 aromatic carbocycles. The van der Waals surface area contributed by atoms with E-state index in [1.807, 2.05) is 91.0 Å². The van der Waals surface area contributed by atoms with E-state index in [9.17, 15) is 15.3 Å². The molecule has 0 saturated carbocycles. The maximum Gasteiger partial charge on any atom is 0.184 e. The van der Waals surface area contributed by atoms with Crippen molar-refractivity contribution >= 4 is 0 Å². The zero-order valence-electron chi connectivity index (χ0n) is 19.4. The van der Waals surface area contributed by atoms with E-state index in [0.29, 0.717) is 0 Å². The van der Waals surface area contributed by atoms with Gasteiger partial charge in [0.2, 0.25) is 0 Å². The van der Waals surface area contributed by atoms with E-state index in [-0.39, 0.29) is 19.8 Å². The van der Waals surface area contributed by atoms with E-state index >= 15 is 0 Å². The molecule has 1 saturated heterocycles. The van der Waals surface area contributed by atoms with Crippen LogP contribution in [-0.2, 0) is 38.8 Å². The average Bonchev–Trinajstić information content (AvgIpc) is 2.91. The van der Waals surface area contributed by atoms with Crippen molar-refractivity contribution in [1.29, 1.82) is 0 Å². The van der Waals surface area contributed by atoms with Gasteiger partial charge in [-0.1, -0.05) is 91.0 Å². The molecule has 7 nitrogen and oxygen atoms in total. The van der Waals surface area contributed by atoms with Crippen LogP contribution in [0.5, 0.6) is 0 Å². The van der Waals surface area contributed by atoms with E-state index in [0.717, 1.165) is 16.7 Å². The lowest BCUT2D eigenvalue weighted by atomic mass is 9.94. The van der Waals surface area contributed by atoms with Gasteiger partial charge in [0.15, 0.2) is 6.29 Å². The lowest BCUT2D eigenvalue weighted by Gasteiger charge is -2.45. The topological polar surface area (TPSA) is 97.6 Å². The standard InChI is InChI=1S/C28H32O7/c29-16-23(30)24-25(32-17-20-10-4-1-5-11-20)26(33-18-21-12-6-2-7-13-21)27(28(31)35-24)34-19-22-14-8-3-9-15-22/h1-15,23-31H,16-19H2/t23-,24-,25-,26+,27+,28+/m1/s1. The molecular weight excluding hydrogens is 448 g/mol. The van der Waals surface area contributed by atoms with Crippen molar-refractivity contribution in [1.82, 2.24) is 0 Å². The first-order valence-electron chi connectivity index (χ1n) is 11.7. The molecule has 1 fully saturated rings. The second kappa shape index (κ2) is 12.9. The van der Waals surface area contributed by atoms with E-state index in [2.05, 4.69) is 0 Å². The smallest absolute Gasteiger partial charge is 0.184 e. The molecule has 0 spiro atoms. The Balaban J connectivity index is 1.58. The Hall–Kier alpha value is -2.62. The molecule has 186 valence electrons. The van der Waals surface area contributed by atoms with Crippen molar-refractivity contribution in [2.45, 2.75) is 56.6 Å². The Kier molecular flexibility index (Phi) is 9.39. The summed E-state index contributed by atoms with van der Waals surface area (Å²) in [4.78, 5) is 0. The lowest BCUT2D eigenvalue weighted by Crippen LogP contribution is -2.63. The van der Waals surface area contributed by atoms with E-state index in [1.165, 1.54) is 0 Å². The normalized spacial score (nSPS) is 25.3. The van der Waals surface area contributed by atoms with Crippen LogP contribution >= 0.6 is 0 Å². The highest BCUT2D eigenvalue weighted by Gasteiger charge is 2.50. The highest BCUT2D eigenvalue weighted by atomic mass is 16.7. The molecular formula is C28H32O7. The van der Waals surface area contributed by atoms with Crippen LogP contribution < -0.4 is 0 Å². The molecule has 1 heterocycles. The largest absolute Gasteiger partial charge is 0.394 e. The molecule has 3 N–H and O–H groups in total. The van der Waals surface area contributed by atoms with Gasteiger partial charge in [0.1, 0.15) is 30.5 Å². The van der Waals surface area contributed by atoms with Crippen molar-refractivity contribution < 1.29 is 34.3 Å². The molecule has 3 aromatic rings. The van der Waals surface area contributed by atoms with Gasteiger partial charge in [-0.3, -0.25) is 0 Å². The number of rotatable bonds is 11. The molecule has 1 aliphatic rings. The van der Waals surface area contributed by atoms with Gasteiger partial charge in [-0.2, -0.15) is 0 Å². The second-order valence-electron chi connectivity index (χ2n) is 8.52. The molecule has 4 rings (SSSR count). The predicted octanol–water partition coefficient (Wildman–Crippen LogP) is 2.81. The molecule has 6 atom stereocenters. The van der Waals surface area contributed by atoms with Crippen LogP contribution in [0.25, 0.3) is 0 Å². The Morgan fingerprint density at radius 3 is 1.46 bits per heavy atom. The van der Waals surface area contributed by atoms with E-state index < -0.39 is 43.4 Å². The van der Waals surface area contributed by atoms with Gasteiger partial charge >= 0.3 is 0 Å². The minimum atomic E-state index is -1.39. The number of benzene rings is 3. The third kappa shape index (κ3) is 6.96. The summed E-state index contributed by atoms with van der Waals surface area (Å²) < 4.78 is 24.3. The third-order valence-electron chi connectivity index (χ3n) is 5.97. The molecule has 0 bridgehead atoms. The minimum Gasteiger partial charge on any atom is -0.394 e. The summed E-state index contributed by atoms with van der Waals surface area (Å²) >= 11 is 0. The van der Waals surface area contributed by atoms with Gasteiger partial charge in [-0.15, -0.1) is 0 Å². The Bertz CT molecular complexity index is 986. The molecule has 0 aliphatic carbocycles. The first kappa shape index (κ1) is 25.5. The number of hydrogen-bond donors (Lipinski definition) is 3. The summed E-state index contributed by atoms with van der Waals surface area (Å²) in [5.74, 6) is 0. The van der Waals surface area contributed by atoms with Gasteiger partial charge < -0.3 is 34.3 Å². The fourth-order valence-corrected chi connectivity index (χ4v) is 4.12. The highest BCUT2D eigenvalue weighted by Crippen LogP contribution is 2.31. The number of hydrogen-bond acceptors (Lipinski definition) is 7. The van der Waals surface area contributed by atoms with Gasteiger partial charge in [-0.25, -0.2) is 0 Å². The lowest BCUT2D eigenvalue weighted by molar-refractivity contribution is -0.325. The Labute approximate surface area is 205 Å². The predicted molar refractivity (Wildman–Crippen MR) is 129 cm³/mol. The number of aliphatic hydroxyl groups is 3. The molecule has 0 unspecified atom stereocenters. The van der Waals surface area contributed by atoms with Crippen molar-refractivity contribution in [2.24, 2.45) is 0 Å². The van der Waals surface area contributed by atoms with Crippen molar-refractivity contribution in [3.05, 3.63) is 108 Å². The quantitative estimate of drug-likeness (QED) is 0.388. The van der Waals surface area contributed by atoms with Gasteiger partial charge in [0.05, 0.1) is 26.4 Å². The molecule has 0 amide bonds. The monoisotopic (exact) mass is 480 g/mol. The van der Waals surface area contributed by atoms with Gasteiger partial charge in [0, 0.05) is 0 Å².